The summed E-state index contributed by atoms with van der Waals surface area (Å²) in [5, 5.41) is 2.65. The van der Waals surface area contributed by atoms with E-state index in [1.165, 1.54) is 0 Å². The number of carbonyl (C=O) groups excluding carboxylic acids is 2. The minimum Gasteiger partial charge on any atom is -0.493 e. The highest BCUT2D eigenvalue weighted by Gasteiger charge is 2.30. The quantitative estimate of drug-likeness (QED) is 0.718. The molecule has 0 radical (unpaired) electrons. The van der Waals surface area contributed by atoms with Crippen molar-refractivity contribution in [2.24, 2.45) is 0 Å². The molecule has 1 atom stereocenters. The molecule has 2 heterocycles. The van der Waals surface area contributed by atoms with Crippen molar-refractivity contribution in [2.75, 3.05) is 32.3 Å². The number of sulfone groups is 1. The summed E-state index contributed by atoms with van der Waals surface area (Å²) in [7, 11) is 0.0715. The number of rotatable bonds is 5. The summed E-state index contributed by atoms with van der Waals surface area (Å²) in [6.45, 7) is 0.923. The van der Waals surface area contributed by atoms with Crippen LogP contribution in [0.15, 0.2) is 12.1 Å². The van der Waals surface area contributed by atoms with Crippen LogP contribution in [-0.4, -0.2) is 63.4 Å². The van der Waals surface area contributed by atoms with Crippen LogP contribution in [0.5, 0.6) is 11.5 Å². The van der Waals surface area contributed by atoms with E-state index < -0.39 is 21.8 Å². The van der Waals surface area contributed by atoms with E-state index in [0.717, 1.165) is 11.1 Å². The van der Waals surface area contributed by atoms with Gasteiger partial charge in [0.1, 0.15) is 6.42 Å². The molecule has 0 spiro atoms. The molecule has 2 aliphatic rings. The molecule has 1 N–H and O–H groups in total. The van der Waals surface area contributed by atoms with E-state index in [4.69, 9.17) is 9.47 Å². The predicted octanol–water partition coefficient (Wildman–Crippen LogP) is 0.282. The van der Waals surface area contributed by atoms with Gasteiger partial charge in [-0.1, -0.05) is 0 Å². The zero-order valence-electron chi connectivity index (χ0n) is 15.5. The molecular weight excluding hydrogens is 372 g/mol. The van der Waals surface area contributed by atoms with E-state index in [1.54, 1.807) is 19.1 Å². The topological polar surface area (TPSA) is 102 Å². The molecule has 2 amide bonds. The van der Waals surface area contributed by atoms with Gasteiger partial charge in [-0.25, -0.2) is 8.42 Å². The average molecular weight is 396 g/mol. The number of carbonyl (C=O) groups is 2. The first-order valence-corrected chi connectivity index (χ1v) is 10.6. The molecule has 2 aliphatic heterocycles. The Hall–Kier alpha value is -2.29. The molecule has 148 valence electrons. The Labute approximate surface area is 158 Å². The predicted molar refractivity (Wildman–Crippen MR) is 98.5 cm³/mol. The summed E-state index contributed by atoms with van der Waals surface area (Å²) in [4.78, 5) is 26.2. The van der Waals surface area contributed by atoms with Gasteiger partial charge in [-0.15, -0.1) is 0 Å². The number of nitrogens with one attached hydrogen (secondary N) is 1. The molecule has 0 saturated carbocycles. The highest BCUT2D eigenvalue weighted by Crippen LogP contribution is 2.33. The number of benzene rings is 1. The Morgan fingerprint density at radius 1 is 1.19 bits per heavy atom. The van der Waals surface area contributed by atoms with E-state index in [9.17, 15) is 18.0 Å². The molecule has 27 heavy (non-hydrogen) atoms. The van der Waals surface area contributed by atoms with Crippen LogP contribution in [0.3, 0.4) is 0 Å². The fraction of sp³-hybridized carbons (Fsp3) is 0.556. The first kappa shape index (κ1) is 19.5. The number of methoxy groups -OCH3 is 2. The third-order valence-corrected chi connectivity index (χ3v) is 6.75. The molecule has 1 aromatic rings. The van der Waals surface area contributed by atoms with Crippen molar-refractivity contribution in [3.05, 3.63) is 23.3 Å². The molecule has 1 unspecified atom stereocenters. The molecule has 1 aromatic carbocycles. The van der Waals surface area contributed by atoms with Crippen molar-refractivity contribution in [2.45, 2.75) is 31.8 Å². The molecule has 9 heteroatoms. The van der Waals surface area contributed by atoms with E-state index in [-0.39, 0.29) is 23.8 Å². The van der Waals surface area contributed by atoms with Gasteiger partial charge in [0.05, 0.1) is 25.7 Å². The fourth-order valence-corrected chi connectivity index (χ4v) is 5.21. The minimum atomic E-state index is -3.07. The van der Waals surface area contributed by atoms with E-state index in [2.05, 4.69) is 5.32 Å². The van der Waals surface area contributed by atoms with Crippen LogP contribution < -0.4 is 14.8 Å². The van der Waals surface area contributed by atoms with Crippen LogP contribution in [0.2, 0.25) is 0 Å². The highest BCUT2D eigenvalue weighted by atomic mass is 32.2. The lowest BCUT2D eigenvalue weighted by molar-refractivity contribution is -0.137. The molecular formula is C18H24N2O6S. The molecule has 1 fully saturated rings. The number of amides is 2. The van der Waals surface area contributed by atoms with Crippen LogP contribution in [0.1, 0.15) is 24.0 Å². The van der Waals surface area contributed by atoms with E-state index in [1.807, 2.05) is 12.1 Å². The van der Waals surface area contributed by atoms with Gasteiger partial charge in [-0.3, -0.25) is 9.59 Å². The zero-order valence-corrected chi connectivity index (χ0v) is 16.3. The monoisotopic (exact) mass is 396 g/mol. The van der Waals surface area contributed by atoms with Crippen LogP contribution >= 0.6 is 0 Å². The Balaban J connectivity index is 1.59. The van der Waals surface area contributed by atoms with Gasteiger partial charge in [-0.2, -0.15) is 0 Å². The second-order valence-electron chi connectivity index (χ2n) is 6.89. The first-order chi connectivity index (χ1) is 12.8. The number of fused-ring (bicyclic) bond motifs is 1. The lowest BCUT2D eigenvalue weighted by atomic mass is 9.98. The fourth-order valence-electron chi connectivity index (χ4n) is 3.53. The van der Waals surface area contributed by atoms with Crippen molar-refractivity contribution in [1.82, 2.24) is 10.2 Å². The van der Waals surface area contributed by atoms with Gasteiger partial charge >= 0.3 is 0 Å². The third kappa shape index (κ3) is 4.52. The van der Waals surface area contributed by atoms with Gasteiger partial charge in [0.15, 0.2) is 21.3 Å². The van der Waals surface area contributed by atoms with Crippen molar-refractivity contribution in [1.29, 1.82) is 0 Å². The Kier molecular flexibility index (Phi) is 5.59. The molecule has 0 aromatic heterocycles. The summed E-state index contributed by atoms with van der Waals surface area (Å²) in [5.41, 5.74) is 2.06. The zero-order chi connectivity index (χ0) is 19.6. The standard InChI is InChI=1S/C18H24N2O6S/c1-25-15-7-12-3-5-20(10-13(12)8-16(15)26-2)18(22)9-17(21)19-14-4-6-27(23,24)11-14/h7-8,14H,3-6,9-11H2,1-2H3,(H,19,21). The normalized spacial score (nSPS) is 20.7. The second-order valence-corrected chi connectivity index (χ2v) is 9.11. The summed E-state index contributed by atoms with van der Waals surface area (Å²) in [6, 6.07) is 3.38. The maximum Gasteiger partial charge on any atom is 0.232 e. The molecule has 8 nitrogen and oxygen atoms in total. The van der Waals surface area contributed by atoms with Gasteiger partial charge in [0.2, 0.25) is 11.8 Å². The second kappa shape index (κ2) is 7.75. The van der Waals surface area contributed by atoms with Crippen LogP contribution in [0.4, 0.5) is 0 Å². The lowest BCUT2D eigenvalue weighted by Gasteiger charge is -2.29. The largest absolute Gasteiger partial charge is 0.493 e. The maximum absolute atomic E-state index is 12.5. The van der Waals surface area contributed by atoms with Crippen molar-refractivity contribution in [3.63, 3.8) is 0 Å². The average Bonchev–Trinajstić information content (AvgIpc) is 2.97. The number of ether oxygens (including phenoxy) is 2. The van der Waals surface area contributed by atoms with Gasteiger partial charge in [0.25, 0.3) is 0 Å². The summed E-state index contributed by atoms with van der Waals surface area (Å²) in [5.74, 6) is 0.591. The SMILES string of the molecule is COc1cc2c(cc1OC)CN(C(=O)CC(=O)NC1CCS(=O)(=O)C1)CC2. The lowest BCUT2D eigenvalue weighted by Crippen LogP contribution is -2.41. The Morgan fingerprint density at radius 2 is 1.85 bits per heavy atom. The van der Waals surface area contributed by atoms with E-state index in [0.29, 0.717) is 37.4 Å². The van der Waals surface area contributed by atoms with Crippen LogP contribution in [-0.2, 0) is 32.4 Å². The number of hydrogen-bond acceptors (Lipinski definition) is 6. The highest BCUT2D eigenvalue weighted by molar-refractivity contribution is 7.91. The third-order valence-electron chi connectivity index (χ3n) is 4.98. The van der Waals surface area contributed by atoms with Gasteiger partial charge in [0, 0.05) is 19.1 Å². The Morgan fingerprint density at radius 3 is 2.44 bits per heavy atom. The summed E-state index contributed by atoms with van der Waals surface area (Å²) < 4.78 is 33.5. The van der Waals surface area contributed by atoms with Crippen LogP contribution in [0, 0.1) is 0 Å². The van der Waals surface area contributed by atoms with Crippen molar-refractivity contribution in [3.8, 4) is 11.5 Å². The van der Waals surface area contributed by atoms with E-state index >= 15 is 0 Å². The van der Waals surface area contributed by atoms with Crippen LogP contribution in [0.25, 0.3) is 0 Å². The molecule has 3 rings (SSSR count). The van der Waals surface area contributed by atoms with Crippen molar-refractivity contribution >= 4 is 21.7 Å². The molecule has 1 saturated heterocycles. The smallest absolute Gasteiger partial charge is 0.232 e. The summed E-state index contributed by atoms with van der Waals surface area (Å²) in [6.07, 6.45) is 0.796. The van der Waals surface area contributed by atoms with Gasteiger partial charge < -0.3 is 19.7 Å². The Bertz CT molecular complexity index is 852. The number of hydrogen-bond donors (Lipinski definition) is 1. The van der Waals surface area contributed by atoms with Gasteiger partial charge in [-0.05, 0) is 36.1 Å². The molecule has 0 aliphatic carbocycles. The number of nitrogens with zero attached hydrogens (tertiary/aromatic N) is 1. The minimum absolute atomic E-state index is 0.0500. The maximum atomic E-state index is 12.5. The molecule has 0 bridgehead atoms. The van der Waals surface area contributed by atoms with Crippen molar-refractivity contribution < 1.29 is 27.5 Å². The summed E-state index contributed by atoms with van der Waals surface area (Å²) >= 11 is 0. The first-order valence-electron chi connectivity index (χ1n) is 8.82.